The molecule has 0 aliphatic rings. The van der Waals surface area contributed by atoms with Crippen LogP contribution in [0.3, 0.4) is 0 Å². The Bertz CT molecular complexity index is 534. The van der Waals surface area contributed by atoms with Gasteiger partial charge in [-0.15, -0.1) is 0 Å². The van der Waals surface area contributed by atoms with E-state index < -0.39 is 0 Å². The van der Waals surface area contributed by atoms with E-state index in [0.717, 1.165) is 29.6 Å². The second-order valence-electron chi connectivity index (χ2n) is 4.10. The largest absolute Gasteiger partial charge is 0.324 e. The number of carbonyl (C=O) groups excluding carboxylic acids is 1. The van der Waals surface area contributed by atoms with Gasteiger partial charge in [0.05, 0.1) is 17.7 Å². The van der Waals surface area contributed by atoms with Crippen LogP contribution in [0, 0.1) is 0 Å². The first-order valence-electron chi connectivity index (χ1n) is 6.15. The van der Waals surface area contributed by atoms with Crippen LogP contribution in [0.2, 0.25) is 0 Å². The third-order valence-corrected chi connectivity index (χ3v) is 2.63. The zero-order valence-corrected chi connectivity index (χ0v) is 10.4. The van der Waals surface area contributed by atoms with E-state index in [0.29, 0.717) is 6.54 Å². The maximum Gasteiger partial charge on any atom is 0.238 e. The summed E-state index contributed by atoms with van der Waals surface area (Å²) in [7, 11) is 0. The number of nitrogens with one attached hydrogen (secondary N) is 2. The van der Waals surface area contributed by atoms with Crippen molar-refractivity contribution >= 4 is 22.5 Å². The van der Waals surface area contributed by atoms with E-state index in [1.165, 1.54) is 0 Å². The lowest BCUT2D eigenvalue weighted by Crippen LogP contribution is -2.28. The zero-order valence-electron chi connectivity index (χ0n) is 10.4. The highest BCUT2D eigenvalue weighted by Crippen LogP contribution is 2.20. The predicted molar refractivity (Wildman–Crippen MR) is 73.5 cm³/mol. The highest BCUT2D eigenvalue weighted by Gasteiger charge is 2.05. The molecule has 1 amide bonds. The number of anilines is 1. The van der Waals surface area contributed by atoms with Crippen LogP contribution >= 0.6 is 0 Å². The van der Waals surface area contributed by atoms with Crippen molar-refractivity contribution in [1.29, 1.82) is 0 Å². The Morgan fingerprint density at radius 2 is 2.17 bits per heavy atom. The molecule has 0 aliphatic carbocycles. The Kier molecular flexibility index (Phi) is 4.25. The van der Waals surface area contributed by atoms with Crippen LogP contribution in [0.5, 0.6) is 0 Å². The topological polar surface area (TPSA) is 54.0 Å². The molecule has 0 radical (unpaired) electrons. The third-order valence-electron chi connectivity index (χ3n) is 2.63. The lowest BCUT2D eigenvalue weighted by molar-refractivity contribution is -0.115. The standard InChI is InChI=1S/C14H17N3O/c1-2-8-15-10-14(18)17-13-7-3-6-12-11(13)5-4-9-16-12/h3-7,9,15H,2,8,10H2,1H3,(H,17,18). The van der Waals surface area contributed by atoms with Crippen molar-refractivity contribution in [2.45, 2.75) is 13.3 Å². The minimum atomic E-state index is -0.0280. The first-order chi connectivity index (χ1) is 8.81. The first kappa shape index (κ1) is 12.5. The summed E-state index contributed by atoms with van der Waals surface area (Å²) in [6.07, 6.45) is 2.77. The van der Waals surface area contributed by atoms with Gasteiger partial charge < -0.3 is 10.6 Å². The van der Waals surface area contributed by atoms with Crippen molar-refractivity contribution in [3.05, 3.63) is 36.5 Å². The van der Waals surface area contributed by atoms with Crippen LogP contribution < -0.4 is 10.6 Å². The second-order valence-corrected chi connectivity index (χ2v) is 4.10. The maximum atomic E-state index is 11.7. The van der Waals surface area contributed by atoms with Crippen molar-refractivity contribution in [2.24, 2.45) is 0 Å². The van der Waals surface area contributed by atoms with Crippen molar-refractivity contribution < 1.29 is 4.79 Å². The fourth-order valence-electron chi connectivity index (χ4n) is 1.79. The van der Waals surface area contributed by atoms with Crippen molar-refractivity contribution in [2.75, 3.05) is 18.4 Å². The van der Waals surface area contributed by atoms with Gasteiger partial charge in [0.25, 0.3) is 0 Å². The summed E-state index contributed by atoms with van der Waals surface area (Å²) in [5.41, 5.74) is 1.70. The minimum absolute atomic E-state index is 0.0280. The van der Waals surface area contributed by atoms with Crippen molar-refractivity contribution in [1.82, 2.24) is 10.3 Å². The molecule has 0 aliphatic heterocycles. The monoisotopic (exact) mass is 243 g/mol. The number of hydrogen-bond donors (Lipinski definition) is 2. The SMILES string of the molecule is CCCNCC(=O)Nc1cccc2ncccc12. The number of nitrogens with zero attached hydrogens (tertiary/aromatic N) is 1. The molecule has 2 rings (SSSR count). The smallest absolute Gasteiger partial charge is 0.238 e. The number of aromatic nitrogens is 1. The number of benzene rings is 1. The molecule has 0 saturated heterocycles. The fourth-order valence-corrected chi connectivity index (χ4v) is 1.79. The van der Waals surface area contributed by atoms with Crippen molar-refractivity contribution in [3.8, 4) is 0 Å². The molecule has 4 nitrogen and oxygen atoms in total. The molecule has 0 atom stereocenters. The molecule has 0 saturated carbocycles. The van der Waals surface area contributed by atoms with Crippen LogP contribution in [0.1, 0.15) is 13.3 Å². The Morgan fingerprint density at radius 3 is 3.00 bits per heavy atom. The quantitative estimate of drug-likeness (QED) is 0.791. The van der Waals surface area contributed by atoms with Crippen LogP contribution in [0.4, 0.5) is 5.69 Å². The molecule has 18 heavy (non-hydrogen) atoms. The number of carbonyl (C=O) groups is 1. The van der Waals surface area contributed by atoms with Gasteiger partial charge in [-0.3, -0.25) is 9.78 Å². The minimum Gasteiger partial charge on any atom is -0.324 e. The molecule has 2 aromatic rings. The number of rotatable bonds is 5. The number of pyridine rings is 1. The molecular formula is C14H17N3O. The van der Waals surface area contributed by atoms with Gasteiger partial charge in [0.1, 0.15) is 0 Å². The summed E-state index contributed by atoms with van der Waals surface area (Å²) in [5.74, 6) is -0.0280. The van der Waals surface area contributed by atoms with Crippen LogP contribution in [0.25, 0.3) is 10.9 Å². The molecular weight excluding hydrogens is 226 g/mol. The molecule has 4 heteroatoms. The molecule has 1 aromatic heterocycles. The van der Waals surface area contributed by atoms with Gasteiger partial charge in [0.15, 0.2) is 0 Å². The number of fused-ring (bicyclic) bond motifs is 1. The van der Waals surface area contributed by atoms with Gasteiger partial charge in [-0.05, 0) is 37.2 Å². The first-order valence-corrected chi connectivity index (χ1v) is 6.15. The van der Waals surface area contributed by atoms with E-state index >= 15 is 0 Å². The number of amides is 1. The summed E-state index contributed by atoms with van der Waals surface area (Å²) in [5, 5.41) is 6.94. The summed E-state index contributed by atoms with van der Waals surface area (Å²) in [6.45, 7) is 3.26. The molecule has 0 fully saturated rings. The molecule has 2 N–H and O–H groups in total. The van der Waals surface area contributed by atoms with Crippen LogP contribution in [-0.4, -0.2) is 24.0 Å². The summed E-state index contributed by atoms with van der Waals surface area (Å²) >= 11 is 0. The van der Waals surface area contributed by atoms with Crippen LogP contribution in [0.15, 0.2) is 36.5 Å². The van der Waals surface area contributed by atoms with Gasteiger partial charge in [0.2, 0.25) is 5.91 Å². The Labute approximate surface area is 106 Å². The second kappa shape index (κ2) is 6.12. The highest BCUT2D eigenvalue weighted by atomic mass is 16.1. The fraction of sp³-hybridized carbons (Fsp3) is 0.286. The molecule has 0 bridgehead atoms. The van der Waals surface area contributed by atoms with Gasteiger partial charge in [-0.1, -0.05) is 13.0 Å². The average Bonchev–Trinajstić information content (AvgIpc) is 2.39. The predicted octanol–water partition coefficient (Wildman–Crippen LogP) is 2.17. The third kappa shape index (κ3) is 3.05. The molecule has 0 unspecified atom stereocenters. The van der Waals surface area contributed by atoms with Crippen molar-refractivity contribution in [3.63, 3.8) is 0 Å². The Hall–Kier alpha value is -1.94. The Balaban J connectivity index is 2.09. The normalized spacial score (nSPS) is 10.5. The molecule has 1 heterocycles. The van der Waals surface area contributed by atoms with E-state index in [1.807, 2.05) is 30.3 Å². The summed E-state index contributed by atoms with van der Waals surface area (Å²) < 4.78 is 0. The van der Waals surface area contributed by atoms with E-state index in [1.54, 1.807) is 6.20 Å². The lowest BCUT2D eigenvalue weighted by atomic mass is 10.2. The molecule has 1 aromatic carbocycles. The van der Waals surface area contributed by atoms with Crippen LogP contribution in [-0.2, 0) is 4.79 Å². The molecule has 94 valence electrons. The Morgan fingerprint density at radius 1 is 1.28 bits per heavy atom. The van der Waals surface area contributed by atoms with Gasteiger partial charge >= 0.3 is 0 Å². The van der Waals surface area contributed by atoms with Gasteiger partial charge in [0, 0.05) is 11.6 Å². The van der Waals surface area contributed by atoms with E-state index in [9.17, 15) is 4.79 Å². The van der Waals surface area contributed by atoms with Gasteiger partial charge in [-0.2, -0.15) is 0 Å². The van der Waals surface area contributed by atoms with E-state index in [2.05, 4.69) is 22.5 Å². The summed E-state index contributed by atoms with van der Waals surface area (Å²) in [6, 6.07) is 9.54. The maximum absolute atomic E-state index is 11.7. The number of hydrogen-bond acceptors (Lipinski definition) is 3. The van der Waals surface area contributed by atoms with Gasteiger partial charge in [-0.25, -0.2) is 0 Å². The van der Waals surface area contributed by atoms with E-state index in [4.69, 9.17) is 0 Å². The summed E-state index contributed by atoms with van der Waals surface area (Å²) in [4.78, 5) is 16.0. The van der Waals surface area contributed by atoms with E-state index in [-0.39, 0.29) is 5.91 Å². The zero-order chi connectivity index (χ0) is 12.8. The average molecular weight is 243 g/mol. The molecule has 0 spiro atoms. The highest BCUT2D eigenvalue weighted by molar-refractivity contribution is 6.01. The lowest BCUT2D eigenvalue weighted by Gasteiger charge is -2.08.